The van der Waals surface area contributed by atoms with Gasteiger partial charge in [-0.1, -0.05) is 95.9 Å². The molecule has 0 saturated heterocycles. The summed E-state index contributed by atoms with van der Waals surface area (Å²) >= 11 is 12.8. The zero-order valence-corrected chi connectivity index (χ0v) is 41.7. The summed E-state index contributed by atoms with van der Waals surface area (Å²) in [5.74, 6) is 0. The molecule has 10 nitrogen and oxygen atoms in total. The van der Waals surface area contributed by atoms with Crippen LogP contribution in [0.25, 0.3) is 0 Å². The van der Waals surface area contributed by atoms with Gasteiger partial charge in [-0.05, 0) is 0 Å². The maximum absolute atomic E-state index is 7.75. The first-order valence-corrected chi connectivity index (χ1v) is 33.0. The van der Waals surface area contributed by atoms with Crippen LogP contribution in [0.5, 0.6) is 0 Å². The molecule has 4 N–H and O–H groups in total. The summed E-state index contributed by atoms with van der Waals surface area (Å²) in [4.78, 5) is 31.0. The molecule has 0 aromatic heterocycles. The van der Waals surface area contributed by atoms with Crippen LogP contribution in [0.2, 0.25) is 0 Å². The molecule has 0 unspecified atom stereocenters. The summed E-state index contributed by atoms with van der Waals surface area (Å²) in [5.41, 5.74) is 0. The molecule has 0 aliphatic rings. The van der Waals surface area contributed by atoms with Gasteiger partial charge in [-0.25, -0.2) is 0 Å². The van der Waals surface area contributed by atoms with Crippen molar-refractivity contribution in [2.75, 3.05) is 0 Å². The number of rotatable bonds is 0. The van der Waals surface area contributed by atoms with Crippen molar-refractivity contribution in [1.82, 2.24) is 0 Å². The summed E-state index contributed by atoms with van der Waals surface area (Å²) in [6.45, 7) is 56.5. The molecule has 0 aromatic carbocycles. The van der Waals surface area contributed by atoms with E-state index in [0.29, 0.717) is 0 Å². The van der Waals surface area contributed by atoms with Crippen molar-refractivity contribution in [3.63, 3.8) is 0 Å². The zero-order chi connectivity index (χ0) is 34.8. The third kappa shape index (κ3) is 20800. The molecular formula is C22H48Br4Co4N4O6Re2-8. The molecule has 4 radical (unpaired) electrons. The van der Waals surface area contributed by atoms with Crippen LogP contribution < -0.4 is 0 Å². The number of hydrogen-bond donors (Lipinski definition) is 0. The van der Waals surface area contributed by atoms with E-state index in [2.05, 4.69) is 109 Å². The van der Waals surface area contributed by atoms with Crippen LogP contribution in [0.15, 0.2) is 0 Å². The van der Waals surface area contributed by atoms with Crippen LogP contribution in [0.4, 0.5) is 0 Å². The molecule has 0 amide bonds. The van der Waals surface area contributed by atoms with Gasteiger partial charge in [0.2, 0.25) is 0 Å². The third-order valence-electron chi connectivity index (χ3n) is 0. The summed E-state index contributed by atoms with van der Waals surface area (Å²) < 4.78 is 0. The standard InChI is InChI=1S/2C3H8.4C2H6.4CN.4CHO.4BrH.4Co.2H2O.2Re/c2*1-3-2;12*1-2;;;;;;;;;;;;/h2*3H2,1-2H3;4*1-2H3;;;;;4*1H;4*1H;;;;;2*1H2;;/q;;;;;;8*-1;;;;;;;;;;;2*+2/p-4. The van der Waals surface area contributed by atoms with Gasteiger partial charge in [0.25, 0.3) is 0 Å². The van der Waals surface area contributed by atoms with Gasteiger partial charge in [0, 0.05) is 67.1 Å². The van der Waals surface area contributed by atoms with E-state index < -0.39 is 0 Å². The van der Waals surface area contributed by atoms with E-state index in [1.165, 1.54) is 12.8 Å². The van der Waals surface area contributed by atoms with Crippen LogP contribution in [0.3, 0.4) is 0 Å². The van der Waals surface area contributed by atoms with Crippen LogP contribution in [-0.4, -0.2) is 38.1 Å². The maximum atomic E-state index is 7.75. The molecule has 278 valence electrons. The summed E-state index contributed by atoms with van der Waals surface area (Å²) in [6, 6.07) is 0. The molecule has 0 rings (SSSR count). The fraction of sp³-hybridized carbons (Fsp3) is 0.636. The smallest absolute Gasteiger partial charge is 0 e. The fourth-order valence-corrected chi connectivity index (χ4v) is 0. The molecule has 0 heterocycles. The quantitative estimate of drug-likeness (QED) is 0.170. The minimum atomic E-state index is -0.0417. The van der Waals surface area contributed by atoms with E-state index in [4.69, 9.17) is 66.5 Å². The van der Waals surface area contributed by atoms with Gasteiger partial charge in [0.15, 0.2) is 0 Å². The Kier molecular flexibility index (Phi) is 8860. The van der Waals surface area contributed by atoms with Crippen LogP contribution in [0.1, 0.15) is 95.9 Å². The van der Waals surface area contributed by atoms with Gasteiger partial charge in [0.1, 0.15) is 0 Å². The van der Waals surface area contributed by atoms with Crippen LogP contribution >= 0.6 is 53.7 Å². The molecule has 0 aliphatic carbocycles. The monoisotopic (exact) mass is 1390 g/mol. The predicted octanol–water partition coefficient (Wildman–Crippen LogP) is 7.94. The maximum Gasteiger partial charge on any atom is 0 e. The Hall–Kier alpha value is 1.83. The minimum Gasteiger partial charge on any atom is -0.545 e. The molecule has 42 heavy (non-hydrogen) atoms. The first kappa shape index (κ1) is 169. The van der Waals surface area contributed by atoms with Crippen molar-refractivity contribution >= 4 is 80.9 Å². The molecule has 0 atom stereocenters. The van der Waals surface area contributed by atoms with Gasteiger partial charge < -0.3 is 77.5 Å². The molecular weight excluding hydrogens is 1340 g/mol. The molecule has 0 aromatic rings. The summed E-state index contributed by atoms with van der Waals surface area (Å²) in [7, 11) is 0. The Morgan fingerprint density at radius 1 is 0.405 bits per heavy atom. The molecule has 0 spiro atoms. The van der Waals surface area contributed by atoms with Gasteiger partial charge in [-0.2, -0.15) is 0 Å². The fourth-order valence-electron chi connectivity index (χ4n) is 0. The van der Waals surface area contributed by atoms with Gasteiger partial charge >= 0.3 is 81.6 Å². The predicted molar refractivity (Wildman–Crippen MR) is 167 cm³/mol. The third-order valence-corrected chi connectivity index (χ3v) is 0. The van der Waals surface area contributed by atoms with E-state index in [1.807, 2.05) is 55.4 Å². The normalized spacial score (nSPS) is 2.86. The first-order chi connectivity index (χ1) is 17.7. The number of hydrogen-bond acceptors (Lipinski definition) is 8. The van der Waals surface area contributed by atoms with Crippen molar-refractivity contribution in [2.24, 2.45) is 0 Å². The van der Waals surface area contributed by atoms with Gasteiger partial charge in [-0.3, -0.25) is 27.2 Å². The Balaban J connectivity index is -0.00000000505. The molecule has 20 heteroatoms. The SMILES string of the molecule is CC.CC.CC.CC.CCC.CCC.O.O.[Br][Re][Br].[Br][Re][Br].[C-]#N.[C-]#N.[C-]#N.[C-]#N.[CH-]=O.[CH-]=O.[CH-]=O.[CH-]=O.[Co].[Co].[Co].[Co]. The van der Waals surface area contributed by atoms with Crippen LogP contribution in [-0.2, 0) is 114 Å². The van der Waals surface area contributed by atoms with E-state index in [9.17, 15) is 0 Å². The summed E-state index contributed by atoms with van der Waals surface area (Å²) in [6.07, 6.45) is 2.50. The van der Waals surface area contributed by atoms with Crippen molar-refractivity contribution in [1.29, 1.82) is 21.0 Å². The topological polar surface area (TPSA) is 226 Å². The van der Waals surface area contributed by atoms with Crippen molar-refractivity contribution < 1.29 is 125 Å². The van der Waals surface area contributed by atoms with Gasteiger partial charge in [0.05, 0.1) is 0 Å². The Bertz CT molecular complexity index is 201. The zero-order valence-electron chi connectivity index (χ0n) is 25.7. The first-order valence-electron chi connectivity index (χ1n) is 9.24. The number of halogens is 4. The summed E-state index contributed by atoms with van der Waals surface area (Å²) in [5, 5.41) is 25.0. The molecule has 0 bridgehead atoms. The Morgan fingerprint density at radius 2 is 0.405 bits per heavy atom. The largest absolute Gasteiger partial charge is 0.545 e. The van der Waals surface area contributed by atoms with E-state index >= 15 is 0 Å². The Labute approximate surface area is 344 Å². The Morgan fingerprint density at radius 3 is 0.405 bits per heavy atom. The number of nitrogens with zero attached hydrogens (tertiary/aromatic N) is 4. The van der Waals surface area contributed by atoms with Crippen molar-refractivity contribution in [3.8, 4) is 0 Å². The molecule has 0 aliphatic heterocycles. The number of carbonyl (C=O) groups excluding carboxylic acids is 4. The van der Waals surface area contributed by atoms with Gasteiger partial charge in [-0.15, -0.1) is 0 Å². The van der Waals surface area contributed by atoms with E-state index in [1.54, 1.807) is 0 Å². The second kappa shape index (κ2) is 2200. The second-order valence-electron chi connectivity index (χ2n) is 1.52. The molecule has 0 fully saturated rings. The van der Waals surface area contributed by atoms with Crippen LogP contribution in [0, 0.1) is 47.3 Å². The van der Waals surface area contributed by atoms with Crippen molar-refractivity contribution in [2.45, 2.75) is 95.9 Å². The second-order valence-corrected chi connectivity index (χ2v) is 25.3. The van der Waals surface area contributed by atoms with E-state index in [-0.39, 0.29) is 106 Å². The van der Waals surface area contributed by atoms with E-state index in [0.717, 1.165) is 0 Å². The molecule has 0 saturated carbocycles. The average Bonchev–Trinajstić information content (AvgIpc) is 3.03. The average molecular weight is 1390 g/mol. The minimum absolute atomic E-state index is 0. The van der Waals surface area contributed by atoms with Crippen molar-refractivity contribution in [3.05, 3.63) is 26.3 Å².